The summed E-state index contributed by atoms with van der Waals surface area (Å²) in [6.07, 6.45) is 4.23. The second-order valence-electron chi connectivity index (χ2n) is 5.63. The fourth-order valence-corrected chi connectivity index (χ4v) is 2.86. The zero-order valence-electron chi connectivity index (χ0n) is 10.4. The van der Waals surface area contributed by atoms with Crippen molar-refractivity contribution in [1.82, 2.24) is 20.2 Å². The molecule has 0 bridgehead atoms. The zero-order chi connectivity index (χ0) is 11.0. The molecule has 0 spiro atoms. The van der Waals surface area contributed by atoms with Crippen LogP contribution in [0.4, 0.5) is 0 Å². The summed E-state index contributed by atoms with van der Waals surface area (Å²) in [7, 11) is 2.21. The van der Waals surface area contributed by atoms with Crippen molar-refractivity contribution in [2.24, 2.45) is 0 Å². The summed E-state index contributed by atoms with van der Waals surface area (Å²) in [5.74, 6) is 0. The molecule has 92 valence electrons. The summed E-state index contributed by atoms with van der Waals surface area (Å²) in [6.45, 7) is 7.35. The molecule has 3 fully saturated rings. The molecule has 0 aromatic carbocycles. The molecule has 1 N–H and O–H groups in total. The van der Waals surface area contributed by atoms with Gasteiger partial charge < -0.3 is 4.90 Å². The monoisotopic (exact) mass is 224 g/mol. The maximum absolute atomic E-state index is 3.72. The summed E-state index contributed by atoms with van der Waals surface area (Å²) < 4.78 is 0. The van der Waals surface area contributed by atoms with Crippen LogP contribution in [-0.4, -0.2) is 73.2 Å². The Kier molecular flexibility index (Phi) is 3.16. The minimum atomic E-state index is 0.712. The molecule has 3 rings (SSSR count). The molecule has 1 aliphatic carbocycles. The molecule has 4 heteroatoms. The van der Waals surface area contributed by atoms with Gasteiger partial charge in [-0.1, -0.05) is 0 Å². The molecular formula is C12H24N4. The highest BCUT2D eigenvalue weighted by Gasteiger charge is 2.34. The van der Waals surface area contributed by atoms with Crippen LogP contribution in [-0.2, 0) is 0 Å². The summed E-state index contributed by atoms with van der Waals surface area (Å²) in [5, 5.41) is 2.43. The van der Waals surface area contributed by atoms with E-state index in [0.717, 1.165) is 6.04 Å². The largest absolute Gasteiger partial charge is 0.304 e. The van der Waals surface area contributed by atoms with Crippen molar-refractivity contribution in [1.29, 1.82) is 0 Å². The van der Waals surface area contributed by atoms with Crippen molar-refractivity contribution in [3.63, 3.8) is 0 Å². The van der Waals surface area contributed by atoms with Crippen molar-refractivity contribution in [3.05, 3.63) is 0 Å². The van der Waals surface area contributed by atoms with Crippen LogP contribution < -0.4 is 5.43 Å². The summed E-state index contributed by atoms with van der Waals surface area (Å²) in [4.78, 5) is 5.08. The number of hydrazine groups is 1. The van der Waals surface area contributed by atoms with E-state index in [2.05, 4.69) is 27.3 Å². The van der Waals surface area contributed by atoms with E-state index in [1.165, 1.54) is 58.5 Å². The third-order valence-corrected chi connectivity index (χ3v) is 4.15. The molecule has 2 heterocycles. The van der Waals surface area contributed by atoms with Crippen molar-refractivity contribution < 1.29 is 0 Å². The van der Waals surface area contributed by atoms with Crippen molar-refractivity contribution in [2.75, 3.05) is 46.3 Å². The number of piperazine rings is 1. The maximum Gasteiger partial charge on any atom is 0.0354 e. The lowest BCUT2D eigenvalue weighted by Crippen LogP contribution is -2.54. The Hall–Kier alpha value is -0.160. The number of rotatable bonds is 3. The first kappa shape index (κ1) is 11.0. The molecule has 2 saturated heterocycles. The second-order valence-corrected chi connectivity index (χ2v) is 5.63. The highest BCUT2D eigenvalue weighted by Crippen LogP contribution is 2.29. The summed E-state index contributed by atoms with van der Waals surface area (Å²) in [6, 6.07) is 1.66. The number of hydrogen-bond acceptors (Lipinski definition) is 4. The molecule has 1 atom stereocenters. The average molecular weight is 224 g/mol. The van der Waals surface area contributed by atoms with Crippen LogP contribution in [0.15, 0.2) is 0 Å². The van der Waals surface area contributed by atoms with Gasteiger partial charge in [0.1, 0.15) is 0 Å². The number of likely N-dealkylation sites (tertiary alicyclic amines) is 1. The van der Waals surface area contributed by atoms with E-state index < -0.39 is 0 Å². The first-order chi connectivity index (χ1) is 7.81. The van der Waals surface area contributed by atoms with E-state index in [4.69, 9.17) is 0 Å². The number of nitrogens with one attached hydrogen (secondary N) is 1. The van der Waals surface area contributed by atoms with Gasteiger partial charge in [-0.15, -0.1) is 0 Å². The molecule has 2 aliphatic heterocycles. The predicted octanol–water partition coefficient (Wildman–Crippen LogP) is -0.0249. The standard InChI is InChI=1S/C12H24N4/c1-14-6-8-16(9-7-14)13-11-4-5-15(10-11)12-2-3-12/h11-13H,2-10H2,1H3. The second kappa shape index (κ2) is 4.61. The summed E-state index contributed by atoms with van der Waals surface area (Å²) in [5.41, 5.74) is 3.72. The van der Waals surface area contributed by atoms with E-state index >= 15 is 0 Å². The van der Waals surface area contributed by atoms with Gasteiger partial charge in [0.25, 0.3) is 0 Å². The van der Waals surface area contributed by atoms with Gasteiger partial charge in [0, 0.05) is 51.4 Å². The Labute approximate surface area is 98.5 Å². The fourth-order valence-electron chi connectivity index (χ4n) is 2.86. The van der Waals surface area contributed by atoms with E-state index in [-0.39, 0.29) is 0 Å². The van der Waals surface area contributed by atoms with Gasteiger partial charge in [0.15, 0.2) is 0 Å². The van der Waals surface area contributed by atoms with Gasteiger partial charge in [0.2, 0.25) is 0 Å². The van der Waals surface area contributed by atoms with Crippen LogP contribution in [0.5, 0.6) is 0 Å². The number of hydrogen-bond donors (Lipinski definition) is 1. The minimum absolute atomic E-state index is 0.712. The maximum atomic E-state index is 3.72. The molecular weight excluding hydrogens is 200 g/mol. The van der Waals surface area contributed by atoms with E-state index in [1.807, 2.05) is 0 Å². The first-order valence-corrected chi connectivity index (χ1v) is 6.75. The van der Waals surface area contributed by atoms with Gasteiger partial charge in [-0.3, -0.25) is 10.3 Å². The Bertz CT molecular complexity index is 233. The third-order valence-electron chi connectivity index (χ3n) is 4.15. The van der Waals surface area contributed by atoms with Crippen molar-refractivity contribution in [2.45, 2.75) is 31.3 Å². The fraction of sp³-hybridized carbons (Fsp3) is 1.00. The van der Waals surface area contributed by atoms with Gasteiger partial charge in [-0.05, 0) is 26.3 Å². The topological polar surface area (TPSA) is 21.8 Å². The number of likely N-dealkylation sites (N-methyl/N-ethyl adjacent to an activating group) is 1. The first-order valence-electron chi connectivity index (χ1n) is 6.75. The molecule has 0 aromatic rings. The Morgan fingerprint density at radius 2 is 1.69 bits per heavy atom. The Balaban J connectivity index is 1.41. The lowest BCUT2D eigenvalue weighted by molar-refractivity contribution is 0.0876. The zero-order valence-corrected chi connectivity index (χ0v) is 10.4. The Morgan fingerprint density at radius 1 is 0.938 bits per heavy atom. The van der Waals surface area contributed by atoms with Crippen LogP contribution in [0.3, 0.4) is 0 Å². The molecule has 0 aromatic heterocycles. The third kappa shape index (κ3) is 2.56. The van der Waals surface area contributed by atoms with Gasteiger partial charge in [-0.25, -0.2) is 5.01 Å². The quantitative estimate of drug-likeness (QED) is 0.727. The normalized spacial score (nSPS) is 34.7. The van der Waals surface area contributed by atoms with Gasteiger partial charge in [0.05, 0.1) is 0 Å². The van der Waals surface area contributed by atoms with Crippen molar-refractivity contribution >= 4 is 0 Å². The summed E-state index contributed by atoms with van der Waals surface area (Å²) >= 11 is 0. The van der Waals surface area contributed by atoms with Crippen LogP contribution >= 0.6 is 0 Å². The van der Waals surface area contributed by atoms with Crippen LogP contribution in [0.25, 0.3) is 0 Å². The van der Waals surface area contributed by atoms with Gasteiger partial charge >= 0.3 is 0 Å². The number of nitrogens with zero attached hydrogens (tertiary/aromatic N) is 3. The lowest BCUT2D eigenvalue weighted by atomic mass is 10.3. The average Bonchev–Trinajstić information content (AvgIpc) is 3.04. The van der Waals surface area contributed by atoms with E-state index in [0.29, 0.717) is 6.04 Å². The van der Waals surface area contributed by atoms with Crippen LogP contribution in [0, 0.1) is 0 Å². The molecule has 1 unspecified atom stereocenters. The van der Waals surface area contributed by atoms with E-state index in [9.17, 15) is 0 Å². The van der Waals surface area contributed by atoms with Gasteiger partial charge in [-0.2, -0.15) is 0 Å². The predicted molar refractivity (Wildman–Crippen MR) is 65.2 cm³/mol. The smallest absolute Gasteiger partial charge is 0.0354 e. The molecule has 0 radical (unpaired) electrons. The van der Waals surface area contributed by atoms with Crippen molar-refractivity contribution in [3.8, 4) is 0 Å². The van der Waals surface area contributed by atoms with E-state index in [1.54, 1.807) is 0 Å². The SMILES string of the molecule is CN1CCN(NC2CCN(C3CC3)C2)CC1. The molecule has 0 amide bonds. The van der Waals surface area contributed by atoms with Crippen LogP contribution in [0.1, 0.15) is 19.3 Å². The highest BCUT2D eigenvalue weighted by molar-refractivity contribution is 4.91. The molecule has 3 aliphatic rings. The minimum Gasteiger partial charge on any atom is -0.304 e. The molecule has 1 saturated carbocycles. The van der Waals surface area contributed by atoms with Crippen LogP contribution in [0.2, 0.25) is 0 Å². The lowest BCUT2D eigenvalue weighted by Gasteiger charge is -2.34. The Morgan fingerprint density at radius 3 is 2.38 bits per heavy atom. The molecule has 16 heavy (non-hydrogen) atoms. The highest BCUT2D eigenvalue weighted by atomic mass is 15.5. The molecule has 4 nitrogen and oxygen atoms in total.